The van der Waals surface area contributed by atoms with E-state index in [0.29, 0.717) is 54.6 Å². The summed E-state index contributed by atoms with van der Waals surface area (Å²) in [4.78, 5) is 15.4. The predicted molar refractivity (Wildman–Crippen MR) is 160 cm³/mol. The summed E-state index contributed by atoms with van der Waals surface area (Å²) >= 11 is 6.76. The number of unbranched alkanes of at least 4 members (excludes halogenated alkanes) is 1. The molecule has 1 saturated heterocycles. The molecular weight excluding hydrogens is 524 g/mol. The van der Waals surface area contributed by atoms with Crippen LogP contribution in [-0.4, -0.2) is 42.7 Å². The number of hydrogen-bond donors (Lipinski definition) is 2. The van der Waals surface area contributed by atoms with Gasteiger partial charge in [-0.05, 0) is 73.9 Å². The molecule has 3 N–H and O–H groups in total. The zero-order chi connectivity index (χ0) is 28.5. The van der Waals surface area contributed by atoms with Crippen molar-refractivity contribution in [3.8, 4) is 11.5 Å². The summed E-state index contributed by atoms with van der Waals surface area (Å²) in [5, 5.41) is 13.1. The fraction of sp³-hybridized carbons (Fsp3) is 0.424. The van der Waals surface area contributed by atoms with Crippen molar-refractivity contribution >= 4 is 17.5 Å². The van der Waals surface area contributed by atoms with Crippen molar-refractivity contribution in [1.29, 1.82) is 0 Å². The molecule has 2 unspecified atom stereocenters. The Morgan fingerprint density at radius 3 is 2.60 bits per heavy atom. The van der Waals surface area contributed by atoms with Crippen LogP contribution in [0.4, 0.5) is 0 Å². The van der Waals surface area contributed by atoms with Gasteiger partial charge in [0, 0.05) is 50.4 Å². The monoisotopic (exact) mass is 564 g/mol. The number of amides is 1. The van der Waals surface area contributed by atoms with E-state index >= 15 is 0 Å². The van der Waals surface area contributed by atoms with Crippen LogP contribution in [-0.2, 0) is 23.3 Å². The summed E-state index contributed by atoms with van der Waals surface area (Å²) in [6.07, 6.45) is 4.47. The Balaban J connectivity index is 1.68. The largest absolute Gasteiger partial charge is 0.455 e. The van der Waals surface area contributed by atoms with Crippen molar-refractivity contribution in [2.75, 3.05) is 26.8 Å². The molecule has 1 aliphatic rings. The van der Waals surface area contributed by atoms with Gasteiger partial charge in [0.25, 0.3) is 5.91 Å². The molecule has 0 aliphatic carbocycles. The molecule has 2 atom stereocenters. The number of carbonyl (C=O) groups is 1. The number of ether oxygens (including phenoxy) is 2. The number of likely N-dealkylation sites (tertiary alicyclic amines) is 1. The highest BCUT2D eigenvalue weighted by Gasteiger charge is 2.43. The molecule has 6 nitrogen and oxygen atoms in total. The van der Waals surface area contributed by atoms with Crippen LogP contribution < -0.4 is 10.5 Å². The first kappa shape index (κ1) is 30.1. The normalized spacial score (nSPS) is 16.9. The zero-order valence-corrected chi connectivity index (χ0v) is 24.3. The number of benzene rings is 3. The first-order valence-electron chi connectivity index (χ1n) is 14.3. The van der Waals surface area contributed by atoms with E-state index in [2.05, 4.69) is 6.92 Å². The minimum absolute atomic E-state index is 0.0329. The summed E-state index contributed by atoms with van der Waals surface area (Å²) in [6, 6.07) is 20.9. The molecule has 1 heterocycles. The van der Waals surface area contributed by atoms with Gasteiger partial charge in [-0.1, -0.05) is 61.0 Å². The Bertz CT molecular complexity index is 1270. The molecule has 214 valence electrons. The molecule has 1 amide bonds. The number of methoxy groups -OCH3 is 1. The van der Waals surface area contributed by atoms with Gasteiger partial charge >= 0.3 is 0 Å². The number of nitrogens with two attached hydrogens (primary N) is 1. The Morgan fingerprint density at radius 2 is 1.88 bits per heavy atom. The quantitative estimate of drug-likeness (QED) is 0.239. The molecular formula is C33H41ClN2O4. The lowest BCUT2D eigenvalue weighted by atomic mass is 9.73. The van der Waals surface area contributed by atoms with Crippen LogP contribution in [0.5, 0.6) is 11.5 Å². The van der Waals surface area contributed by atoms with Gasteiger partial charge in [-0.25, -0.2) is 0 Å². The number of aliphatic hydroxyl groups is 1. The second-order valence-corrected chi connectivity index (χ2v) is 11.0. The highest BCUT2D eigenvalue weighted by molar-refractivity contribution is 6.32. The smallest absolute Gasteiger partial charge is 0.253 e. The van der Waals surface area contributed by atoms with E-state index in [1.807, 2.05) is 65.6 Å². The molecule has 7 heteroatoms. The molecule has 40 heavy (non-hydrogen) atoms. The molecule has 3 aromatic carbocycles. The summed E-state index contributed by atoms with van der Waals surface area (Å²) in [6.45, 7) is 4.22. The standard InChI is InChI=1S/C33H41ClN2O4/c1-3-25-10-4-5-14-30(25)40-31-28(12-8-13-29(31)34)33(38,19-6-7-21-39-2)27-11-9-20-36(23-27)32(37)26-17-15-24(22-35)16-18-26/h4-5,8,10,12-18,27,38H,3,6-7,9,11,19-23,35H2,1-2H3. The van der Waals surface area contributed by atoms with E-state index in [1.54, 1.807) is 13.2 Å². The highest BCUT2D eigenvalue weighted by atomic mass is 35.5. The molecule has 1 fully saturated rings. The number of halogens is 1. The Labute approximate surface area is 243 Å². The van der Waals surface area contributed by atoms with Crippen molar-refractivity contribution in [2.45, 2.75) is 57.6 Å². The number of para-hydroxylation sites is 2. The second kappa shape index (κ2) is 14.1. The molecule has 0 aromatic heterocycles. The average Bonchev–Trinajstić information content (AvgIpc) is 3.00. The predicted octanol–water partition coefficient (Wildman–Crippen LogP) is 6.71. The molecule has 1 aliphatic heterocycles. The van der Waals surface area contributed by atoms with E-state index in [9.17, 15) is 9.90 Å². The van der Waals surface area contributed by atoms with Crippen LogP contribution in [0.3, 0.4) is 0 Å². The zero-order valence-electron chi connectivity index (χ0n) is 23.6. The van der Waals surface area contributed by atoms with Crippen LogP contribution in [0.25, 0.3) is 0 Å². The summed E-state index contributed by atoms with van der Waals surface area (Å²) < 4.78 is 11.8. The summed E-state index contributed by atoms with van der Waals surface area (Å²) in [5.74, 6) is 0.968. The fourth-order valence-electron chi connectivity index (χ4n) is 5.68. The van der Waals surface area contributed by atoms with Crippen LogP contribution in [0, 0.1) is 5.92 Å². The fourth-order valence-corrected chi connectivity index (χ4v) is 5.89. The number of piperidine rings is 1. The first-order chi connectivity index (χ1) is 19.4. The molecule has 0 spiro atoms. The number of rotatable bonds is 12. The van der Waals surface area contributed by atoms with Gasteiger partial charge in [0.15, 0.2) is 5.75 Å². The van der Waals surface area contributed by atoms with E-state index in [4.69, 9.17) is 26.8 Å². The second-order valence-electron chi connectivity index (χ2n) is 10.5. The van der Waals surface area contributed by atoms with Gasteiger partial charge in [0.05, 0.1) is 10.6 Å². The maximum atomic E-state index is 13.5. The van der Waals surface area contributed by atoms with Crippen molar-refractivity contribution in [3.63, 3.8) is 0 Å². The van der Waals surface area contributed by atoms with Gasteiger partial charge in [0.2, 0.25) is 0 Å². The number of nitrogens with zero attached hydrogens (tertiary/aromatic N) is 1. The van der Waals surface area contributed by atoms with Gasteiger partial charge in [0.1, 0.15) is 5.75 Å². The van der Waals surface area contributed by atoms with E-state index < -0.39 is 5.60 Å². The number of hydrogen-bond acceptors (Lipinski definition) is 5. The van der Waals surface area contributed by atoms with Crippen molar-refractivity contribution < 1.29 is 19.4 Å². The summed E-state index contributed by atoms with van der Waals surface area (Å²) in [5.41, 5.74) is 7.82. The third kappa shape index (κ3) is 6.87. The van der Waals surface area contributed by atoms with Crippen molar-refractivity contribution in [3.05, 3.63) is 94.0 Å². The van der Waals surface area contributed by atoms with E-state index in [1.165, 1.54) is 0 Å². The van der Waals surface area contributed by atoms with Crippen molar-refractivity contribution in [2.24, 2.45) is 11.7 Å². The van der Waals surface area contributed by atoms with E-state index in [0.717, 1.165) is 49.0 Å². The van der Waals surface area contributed by atoms with Crippen LogP contribution in [0.15, 0.2) is 66.7 Å². The van der Waals surface area contributed by atoms with Gasteiger partial charge in [-0.2, -0.15) is 0 Å². The Kier molecular flexibility index (Phi) is 10.6. The number of carbonyl (C=O) groups excluding carboxylic acids is 1. The minimum Gasteiger partial charge on any atom is -0.455 e. The molecule has 0 radical (unpaired) electrons. The number of aryl methyl sites for hydroxylation is 1. The van der Waals surface area contributed by atoms with Crippen LogP contribution in [0.2, 0.25) is 5.02 Å². The maximum Gasteiger partial charge on any atom is 0.253 e. The maximum absolute atomic E-state index is 13.5. The Morgan fingerprint density at radius 1 is 1.10 bits per heavy atom. The van der Waals surface area contributed by atoms with E-state index in [-0.39, 0.29) is 11.8 Å². The lowest BCUT2D eigenvalue weighted by molar-refractivity contribution is -0.0589. The van der Waals surface area contributed by atoms with Crippen LogP contribution in [0.1, 0.15) is 66.1 Å². The van der Waals surface area contributed by atoms with Gasteiger partial charge in [-0.3, -0.25) is 4.79 Å². The lowest BCUT2D eigenvalue weighted by Crippen LogP contribution is -2.48. The summed E-state index contributed by atoms with van der Waals surface area (Å²) in [7, 11) is 1.69. The molecule has 3 aromatic rings. The molecule has 0 saturated carbocycles. The minimum atomic E-state index is -1.25. The van der Waals surface area contributed by atoms with Crippen molar-refractivity contribution in [1.82, 2.24) is 4.90 Å². The highest BCUT2D eigenvalue weighted by Crippen LogP contribution is 2.47. The average molecular weight is 565 g/mol. The van der Waals surface area contributed by atoms with Gasteiger partial charge < -0.3 is 25.2 Å². The SMILES string of the molecule is CCc1ccccc1Oc1c(Cl)cccc1C(O)(CCCCOC)C1CCCN(C(=O)c2ccc(CN)cc2)C1. The van der Waals surface area contributed by atoms with Crippen LogP contribution >= 0.6 is 11.6 Å². The Hall–Kier alpha value is -2.90. The van der Waals surface area contributed by atoms with Gasteiger partial charge in [-0.15, -0.1) is 0 Å². The first-order valence-corrected chi connectivity index (χ1v) is 14.6. The molecule has 0 bridgehead atoms. The third-order valence-electron chi connectivity index (χ3n) is 7.98. The molecule has 4 rings (SSSR count). The lowest BCUT2D eigenvalue weighted by Gasteiger charge is -2.43. The topological polar surface area (TPSA) is 85.0 Å². The third-order valence-corrected chi connectivity index (χ3v) is 8.27.